The number of aliphatic carboxylic acids is 2. The van der Waals surface area contributed by atoms with Crippen LogP contribution in [0.3, 0.4) is 0 Å². The van der Waals surface area contributed by atoms with Crippen LogP contribution in [0.25, 0.3) is 0 Å². The molecular weight excluding hydrogens is 1110 g/mol. The first-order valence-corrected chi connectivity index (χ1v) is 30.2. The lowest BCUT2D eigenvalue weighted by atomic mass is 10.2. The fourth-order valence-corrected chi connectivity index (χ4v) is 12.6. The number of carboxylic acid groups (broad SMARTS) is 2. The van der Waals surface area contributed by atoms with Crippen molar-refractivity contribution < 1.29 is 75.0 Å². The van der Waals surface area contributed by atoms with Crippen LogP contribution in [-0.4, -0.2) is 188 Å². The first kappa shape index (κ1) is 63.7. The molecule has 0 aliphatic carbocycles. The van der Waals surface area contributed by atoms with E-state index in [1.807, 2.05) is 10.6 Å². The summed E-state index contributed by atoms with van der Waals surface area (Å²) in [5.74, 6) is -3.76. The van der Waals surface area contributed by atoms with E-state index in [0.717, 1.165) is 19.3 Å². The van der Waals surface area contributed by atoms with Gasteiger partial charge in [-0.25, -0.2) is 40.3 Å². The minimum atomic E-state index is -3.77. The van der Waals surface area contributed by atoms with Crippen LogP contribution in [-0.2, 0) is 47.8 Å². The number of carboxylic acids is 2. The van der Waals surface area contributed by atoms with Gasteiger partial charge in [-0.3, -0.25) is 50.0 Å². The zero-order chi connectivity index (χ0) is 52.3. The van der Waals surface area contributed by atoms with E-state index in [1.54, 1.807) is 0 Å². The van der Waals surface area contributed by atoms with E-state index in [-0.39, 0.29) is 29.1 Å². The molecule has 6 aliphatic rings. The molecule has 6 saturated heterocycles. The topological polar surface area (TPSA) is 443 Å². The van der Waals surface area contributed by atoms with Crippen molar-refractivity contribution in [3.63, 3.8) is 0 Å². The summed E-state index contributed by atoms with van der Waals surface area (Å²) in [5, 5.41) is 37.6. The molecule has 6 heterocycles. The van der Waals surface area contributed by atoms with Crippen molar-refractivity contribution in [1.29, 1.82) is 0 Å². The maximum atomic E-state index is 12.0. The van der Waals surface area contributed by atoms with Crippen LogP contribution in [0.5, 0.6) is 0 Å². The number of halogens is 3. The first-order chi connectivity index (χ1) is 32.4. The molecule has 12 amide bonds. The van der Waals surface area contributed by atoms with Gasteiger partial charge in [0.2, 0.25) is 19.1 Å². The van der Waals surface area contributed by atoms with Gasteiger partial charge in [-0.05, 0) is 38.8 Å². The second kappa shape index (κ2) is 33.4. The predicted molar refractivity (Wildman–Crippen MR) is 260 cm³/mol. The van der Waals surface area contributed by atoms with Gasteiger partial charge in [0.25, 0.3) is 23.6 Å². The molecule has 0 saturated carbocycles. The lowest BCUT2D eigenvalue weighted by Crippen LogP contribution is -2.44. The number of rotatable bonds is 17. The number of urea groups is 4. The zero-order valence-electron chi connectivity index (χ0n) is 36.1. The molecule has 0 aromatic rings. The number of amides is 12. The SMILES string of the molecule is C1CCNCC1.ClCl.NC(CSSCC(N)C(=O)O)C(=O)O.O=C1NC(=O)C(CS(=O)(=O)Cl)N1.O=C1NC(=O)C(CS(=O)(=O)N2CCCCC2)N1.O=C1NC(=O)C(CSSCC2NC(=O)NC2=O)N1. The summed E-state index contributed by atoms with van der Waals surface area (Å²) in [6, 6.07) is -7.27. The number of piperidine rings is 2. The molecule has 6 unspecified atom stereocenters. The molecule has 0 bridgehead atoms. The Morgan fingerprint density at radius 2 is 0.899 bits per heavy atom. The Labute approximate surface area is 425 Å². The molecule has 0 radical (unpaired) electrons. The highest BCUT2D eigenvalue weighted by molar-refractivity contribution is 8.77. The number of hydrogen-bond donors (Lipinski definition) is 13. The number of nitrogens with two attached hydrogens (primary N) is 2. The lowest BCUT2D eigenvalue weighted by Gasteiger charge is -2.26. The number of sulfonamides is 1. The number of nitrogens with one attached hydrogen (secondary N) is 9. The summed E-state index contributed by atoms with van der Waals surface area (Å²) in [7, 11) is 11.0. The highest BCUT2D eigenvalue weighted by atomic mass is 36.5. The standard InChI is InChI=1S/C9H15N3O4S.C8H10N4O4S2.C6H12N2O4S2.C5H11N.C4H5ClN2O4S.Cl2/c13-8-7(10-9(14)11-8)6-17(15,16)12-4-2-1-3-5-12;13-5-3(9-7(15)11-5)1-17-18-2-4-6(14)12-8(16)10-4;7-3(5(9)10)1-13-14-2-4(8)6(11)12;1-2-4-6-5-3-1;5-12(10,11)1-2-3(8)7-4(9)6-2;1-2/h7H,1-6H2,(H2,10,11,13,14);3-4H,1-2H2,(H2,9,11,13,15)(H2,10,12,14,16);3-4H,1-2,7-8H2,(H,9,10)(H,11,12);6H,1-5H2;2H,1H2,(H2,6,7,8,9);. The Hall–Kier alpha value is -3.29. The fraction of sp³-hybridized carbons (Fsp3) is 0.688. The fourth-order valence-electron chi connectivity index (χ4n) is 5.38. The number of imide groups is 4. The monoisotopic (exact) mass is 1160 g/mol. The molecular formula is C32H53Cl3N12O16S6. The van der Waals surface area contributed by atoms with E-state index in [9.17, 15) is 64.8 Å². The first-order valence-electron chi connectivity index (χ1n) is 20.0. The van der Waals surface area contributed by atoms with Crippen LogP contribution in [0.2, 0.25) is 0 Å². The lowest BCUT2D eigenvalue weighted by molar-refractivity contribution is -0.138. The number of nitrogens with zero attached hydrogens (tertiary/aromatic N) is 1. The summed E-state index contributed by atoms with van der Waals surface area (Å²) in [6.07, 6.45) is 6.95. The summed E-state index contributed by atoms with van der Waals surface area (Å²) in [6.45, 7) is 3.51. The Kier molecular flexibility index (Phi) is 30.8. The molecule has 0 aromatic heterocycles. The van der Waals surface area contributed by atoms with Gasteiger partial charge in [-0.2, -0.15) is 0 Å². The van der Waals surface area contributed by atoms with Gasteiger partial charge in [0, 0.05) is 68.5 Å². The third-order valence-electron chi connectivity index (χ3n) is 8.86. The van der Waals surface area contributed by atoms with Crippen molar-refractivity contribution in [2.75, 3.05) is 60.7 Å². The van der Waals surface area contributed by atoms with Crippen molar-refractivity contribution in [2.45, 2.75) is 74.8 Å². The molecule has 6 aliphatic heterocycles. The van der Waals surface area contributed by atoms with Crippen molar-refractivity contribution in [3.8, 4) is 0 Å². The molecule has 69 heavy (non-hydrogen) atoms. The maximum Gasteiger partial charge on any atom is 0.322 e. The van der Waals surface area contributed by atoms with Crippen LogP contribution in [0, 0.1) is 0 Å². The Morgan fingerprint density at radius 3 is 1.17 bits per heavy atom. The van der Waals surface area contributed by atoms with Gasteiger partial charge in [-0.1, -0.05) is 56.0 Å². The van der Waals surface area contributed by atoms with Crippen LogP contribution in [0.4, 0.5) is 19.2 Å². The van der Waals surface area contributed by atoms with Crippen LogP contribution >= 0.6 is 75.6 Å². The average molecular weight is 1160 g/mol. The van der Waals surface area contributed by atoms with E-state index < -0.39 is 109 Å². The Balaban J connectivity index is 0.000000440. The molecule has 0 aromatic carbocycles. The third-order valence-corrected chi connectivity index (χ3v) is 16.8. The Morgan fingerprint density at radius 1 is 0.565 bits per heavy atom. The van der Waals surface area contributed by atoms with Crippen LogP contribution in [0.1, 0.15) is 38.5 Å². The van der Waals surface area contributed by atoms with E-state index in [0.29, 0.717) is 24.6 Å². The molecule has 6 fully saturated rings. The van der Waals surface area contributed by atoms with E-state index in [1.165, 1.54) is 79.8 Å². The summed E-state index contributed by atoms with van der Waals surface area (Å²) < 4.78 is 46.3. The highest BCUT2D eigenvalue weighted by Gasteiger charge is 2.37. The van der Waals surface area contributed by atoms with Gasteiger partial charge < -0.3 is 48.3 Å². The quantitative estimate of drug-likeness (QED) is 0.0321. The number of carbonyl (C=O) groups excluding carboxylic acids is 8. The summed E-state index contributed by atoms with van der Waals surface area (Å²) >= 11 is 0. The van der Waals surface area contributed by atoms with E-state index in [2.05, 4.69) is 58.9 Å². The van der Waals surface area contributed by atoms with Crippen molar-refractivity contribution >= 4 is 154 Å². The van der Waals surface area contributed by atoms with Gasteiger partial charge in [-0.15, -0.1) is 0 Å². The molecule has 15 N–H and O–H groups in total. The van der Waals surface area contributed by atoms with Gasteiger partial charge in [0.05, 0.1) is 11.5 Å². The second-order valence-corrected chi connectivity index (χ2v) is 24.3. The van der Waals surface area contributed by atoms with Crippen LogP contribution in [0.15, 0.2) is 0 Å². The van der Waals surface area contributed by atoms with Crippen molar-refractivity contribution in [2.24, 2.45) is 11.5 Å². The highest BCUT2D eigenvalue weighted by Crippen LogP contribution is 2.24. The third kappa shape index (κ3) is 27.2. The van der Waals surface area contributed by atoms with Crippen molar-refractivity contribution in [3.05, 3.63) is 0 Å². The van der Waals surface area contributed by atoms with Gasteiger partial charge in [0.15, 0.2) is 0 Å². The van der Waals surface area contributed by atoms with Crippen molar-refractivity contribution in [1.82, 2.24) is 52.2 Å². The number of carbonyl (C=O) groups is 10. The average Bonchev–Trinajstić information content (AvgIpc) is 4.00. The molecule has 28 nitrogen and oxygen atoms in total. The van der Waals surface area contributed by atoms with E-state index >= 15 is 0 Å². The van der Waals surface area contributed by atoms with Crippen LogP contribution < -0.4 is 59.3 Å². The predicted octanol–water partition coefficient (Wildman–Crippen LogP) is -2.11. The molecule has 6 rings (SSSR count). The molecule has 394 valence electrons. The summed E-state index contributed by atoms with van der Waals surface area (Å²) in [4.78, 5) is 108. The molecule has 0 spiro atoms. The zero-order valence-corrected chi connectivity index (χ0v) is 43.2. The molecule has 37 heteroatoms. The van der Waals surface area contributed by atoms with E-state index in [4.69, 9.17) is 32.4 Å². The van der Waals surface area contributed by atoms with Gasteiger partial charge in [0.1, 0.15) is 36.3 Å². The summed E-state index contributed by atoms with van der Waals surface area (Å²) in [5.41, 5.74) is 10.4. The smallest absolute Gasteiger partial charge is 0.322 e. The second-order valence-electron chi connectivity index (χ2n) is 14.3. The molecule has 6 atom stereocenters. The largest absolute Gasteiger partial charge is 0.480 e. The maximum absolute atomic E-state index is 12.0. The number of hydrogen-bond acceptors (Lipinski definition) is 21. The normalized spacial score (nSPS) is 22.8. The minimum Gasteiger partial charge on any atom is -0.480 e. The van der Waals surface area contributed by atoms with Gasteiger partial charge >= 0.3 is 36.1 Å². The Bertz CT molecular complexity index is 1960. The minimum absolute atomic E-state index is 0.229.